The Kier molecular flexibility index (Phi) is 6.19. The highest BCUT2D eigenvalue weighted by atomic mass is 32.2. The van der Waals surface area contributed by atoms with E-state index in [-0.39, 0.29) is 10.8 Å². The van der Waals surface area contributed by atoms with Gasteiger partial charge in [0.2, 0.25) is 0 Å². The fraction of sp³-hybridized carbons (Fsp3) is 0.136. The van der Waals surface area contributed by atoms with Crippen molar-refractivity contribution in [3.05, 3.63) is 84.4 Å². The monoisotopic (exact) mass is 410 g/mol. The van der Waals surface area contributed by atoms with Gasteiger partial charge in [-0.25, -0.2) is 8.42 Å². The first-order chi connectivity index (χ1) is 14.0. The second kappa shape index (κ2) is 8.79. The lowest BCUT2D eigenvalue weighted by Crippen LogP contribution is -2.30. The standard InChI is InChI=1S/C22H22N2O4S/c1-3-24(18-9-5-4-6-10-18)29(26,27)19-15-13-17(14-16-19)23-22(25)20-11-7-8-12-21(20)28-2/h4-16H,3H2,1-2H3,(H,23,25). The zero-order valence-electron chi connectivity index (χ0n) is 16.2. The number of sulfonamides is 1. The number of carbonyl (C=O) groups excluding carboxylic acids is 1. The van der Waals surface area contributed by atoms with Crippen molar-refractivity contribution in [1.82, 2.24) is 0 Å². The van der Waals surface area contributed by atoms with E-state index < -0.39 is 10.0 Å². The summed E-state index contributed by atoms with van der Waals surface area (Å²) in [6.07, 6.45) is 0. The molecular weight excluding hydrogens is 388 g/mol. The van der Waals surface area contributed by atoms with Gasteiger partial charge in [0.05, 0.1) is 23.3 Å². The van der Waals surface area contributed by atoms with E-state index in [9.17, 15) is 13.2 Å². The van der Waals surface area contributed by atoms with Crippen LogP contribution in [0.3, 0.4) is 0 Å². The van der Waals surface area contributed by atoms with E-state index in [4.69, 9.17) is 4.74 Å². The van der Waals surface area contributed by atoms with E-state index in [0.717, 1.165) is 0 Å². The van der Waals surface area contributed by atoms with E-state index in [1.54, 1.807) is 67.6 Å². The summed E-state index contributed by atoms with van der Waals surface area (Å²) in [7, 11) is -2.21. The molecule has 150 valence electrons. The fourth-order valence-electron chi connectivity index (χ4n) is 2.95. The van der Waals surface area contributed by atoms with Gasteiger partial charge in [-0.05, 0) is 55.5 Å². The van der Waals surface area contributed by atoms with E-state index in [1.807, 2.05) is 6.07 Å². The summed E-state index contributed by atoms with van der Waals surface area (Å²) in [6.45, 7) is 2.09. The van der Waals surface area contributed by atoms with Gasteiger partial charge in [-0.2, -0.15) is 0 Å². The molecule has 0 unspecified atom stereocenters. The molecule has 1 N–H and O–H groups in total. The van der Waals surface area contributed by atoms with Gasteiger partial charge in [-0.15, -0.1) is 0 Å². The van der Waals surface area contributed by atoms with Crippen molar-refractivity contribution >= 4 is 27.3 Å². The van der Waals surface area contributed by atoms with Crippen molar-refractivity contribution < 1.29 is 17.9 Å². The molecule has 29 heavy (non-hydrogen) atoms. The number of rotatable bonds is 7. The molecule has 0 radical (unpaired) electrons. The van der Waals surface area contributed by atoms with Crippen LogP contribution in [-0.2, 0) is 10.0 Å². The smallest absolute Gasteiger partial charge is 0.264 e. The van der Waals surface area contributed by atoms with Crippen LogP contribution in [0.5, 0.6) is 5.75 Å². The topological polar surface area (TPSA) is 75.7 Å². The number of nitrogens with zero attached hydrogens (tertiary/aromatic N) is 1. The predicted octanol–water partition coefficient (Wildman–Crippen LogP) is 4.16. The SMILES string of the molecule is CCN(c1ccccc1)S(=O)(=O)c1ccc(NC(=O)c2ccccc2OC)cc1. The first-order valence-electron chi connectivity index (χ1n) is 9.09. The van der Waals surface area contributed by atoms with E-state index in [2.05, 4.69) is 5.32 Å². The minimum atomic E-state index is -3.71. The lowest BCUT2D eigenvalue weighted by molar-refractivity contribution is 0.102. The third kappa shape index (κ3) is 4.41. The Morgan fingerprint density at radius 1 is 0.931 bits per heavy atom. The van der Waals surface area contributed by atoms with E-state index in [1.165, 1.54) is 23.5 Å². The molecular formula is C22H22N2O4S. The average molecular weight is 410 g/mol. The molecule has 6 nitrogen and oxygen atoms in total. The summed E-state index contributed by atoms with van der Waals surface area (Å²) in [5, 5.41) is 2.76. The van der Waals surface area contributed by atoms with Crippen LogP contribution in [0, 0.1) is 0 Å². The molecule has 3 aromatic carbocycles. The molecule has 0 fully saturated rings. The normalized spacial score (nSPS) is 11.0. The third-order valence-electron chi connectivity index (χ3n) is 4.38. The first-order valence-corrected chi connectivity index (χ1v) is 10.5. The van der Waals surface area contributed by atoms with Crippen LogP contribution in [0.15, 0.2) is 83.8 Å². The van der Waals surface area contributed by atoms with Gasteiger partial charge >= 0.3 is 0 Å². The van der Waals surface area contributed by atoms with Crippen molar-refractivity contribution in [2.75, 3.05) is 23.3 Å². The highest BCUT2D eigenvalue weighted by Crippen LogP contribution is 2.25. The van der Waals surface area contributed by atoms with Crippen LogP contribution in [0.25, 0.3) is 0 Å². The van der Waals surface area contributed by atoms with Crippen LogP contribution < -0.4 is 14.4 Å². The number of hydrogen-bond acceptors (Lipinski definition) is 4. The zero-order valence-corrected chi connectivity index (χ0v) is 17.0. The lowest BCUT2D eigenvalue weighted by atomic mass is 10.2. The van der Waals surface area contributed by atoms with Gasteiger partial charge in [-0.3, -0.25) is 9.10 Å². The van der Waals surface area contributed by atoms with Crippen molar-refractivity contribution in [3.8, 4) is 5.75 Å². The van der Waals surface area contributed by atoms with Gasteiger partial charge in [0, 0.05) is 12.2 Å². The molecule has 0 aromatic heterocycles. The van der Waals surface area contributed by atoms with Crippen molar-refractivity contribution in [1.29, 1.82) is 0 Å². The van der Waals surface area contributed by atoms with Gasteiger partial charge < -0.3 is 10.1 Å². The summed E-state index contributed by atoms with van der Waals surface area (Å²) in [5.74, 6) is 0.128. The Bertz CT molecular complexity index is 1080. The number of benzene rings is 3. The van der Waals surface area contributed by atoms with Crippen LogP contribution in [0.4, 0.5) is 11.4 Å². The number of para-hydroxylation sites is 2. The highest BCUT2D eigenvalue weighted by molar-refractivity contribution is 7.92. The summed E-state index contributed by atoms with van der Waals surface area (Å²) in [5.41, 5.74) is 1.49. The molecule has 0 heterocycles. The number of carbonyl (C=O) groups is 1. The maximum Gasteiger partial charge on any atom is 0.264 e. The molecule has 0 atom stereocenters. The molecule has 0 bridgehead atoms. The average Bonchev–Trinajstić information content (AvgIpc) is 2.75. The number of amides is 1. The summed E-state index contributed by atoms with van der Waals surface area (Å²) >= 11 is 0. The Morgan fingerprint density at radius 3 is 2.17 bits per heavy atom. The minimum Gasteiger partial charge on any atom is -0.496 e. The molecule has 0 aliphatic rings. The molecule has 1 amide bonds. The summed E-state index contributed by atoms with van der Waals surface area (Å²) in [6, 6.07) is 21.9. The predicted molar refractivity (Wildman–Crippen MR) is 114 cm³/mol. The number of nitrogens with one attached hydrogen (secondary N) is 1. The number of methoxy groups -OCH3 is 1. The number of anilines is 2. The zero-order chi connectivity index (χ0) is 20.9. The lowest BCUT2D eigenvalue weighted by Gasteiger charge is -2.23. The quantitative estimate of drug-likeness (QED) is 0.635. The molecule has 0 saturated heterocycles. The van der Waals surface area contributed by atoms with Gasteiger partial charge in [0.15, 0.2) is 0 Å². The molecule has 3 rings (SSSR count). The molecule has 0 aliphatic carbocycles. The summed E-state index contributed by atoms with van der Waals surface area (Å²) in [4.78, 5) is 12.6. The Labute approximate surface area is 170 Å². The van der Waals surface area contributed by atoms with Crippen LogP contribution in [0.1, 0.15) is 17.3 Å². The van der Waals surface area contributed by atoms with Crippen molar-refractivity contribution in [2.45, 2.75) is 11.8 Å². The molecule has 0 spiro atoms. The Morgan fingerprint density at radius 2 is 1.55 bits per heavy atom. The second-order valence-electron chi connectivity index (χ2n) is 6.18. The Hall–Kier alpha value is -3.32. The van der Waals surface area contributed by atoms with Crippen LogP contribution in [-0.4, -0.2) is 28.0 Å². The molecule has 7 heteroatoms. The van der Waals surface area contributed by atoms with Gasteiger partial charge in [0.25, 0.3) is 15.9 Å². The van der Waals surface area contributed by atoms with Crippen LogP contribution in [0.2, 0.25) is 0 Å². The van der Waals surface area contributed by atoms with Gasteiger partial charge in [0.1, 0.15) is 5.75 Å². The maximum atomic E-state index is 13.0. The maximum absolute atomic E-state index is 13.0. The Balaban J connectivity index is 1.81. The number of hydrogen-bond donors (Lipinski definition) is 1. The first kappa shape index (κ1) is 20.4. The highest BCUT2D eigenvalue weighted by Gasteiger charge is 2.23. The fourth-order valence-corrected chi connectivity index (χ4v) is 4.43. The molecule has 0 aliphatic heterocycles. The minimum absolute atomic E-state index is 0.151. The van der Waals surface area contributed by atoms with Crippen molar-refractivity contribution in [2.24, 2.45) is 0 Å². The van der Waals surface area contributed by atoms with E-state index in [0.29, 0.717) is 29.2 Å². The second-order valence-corrected chi connectivity index (χ2v) is 8.05. The largest absolute Gasteiger partial charge is 0.496 e. The van der Waals surface area contributed by atoms with Gasteiger partial charge in [-0.1, -0.05) is 30.3 Å². The molecule has 3 aromatic rings. The number of ether oxygens (including phenoxy) is 1. The molecule has 0 saturated carbocycles. The van der Waals surface area contributed by atoms with Crippen molar-refractivity contribution in [3.63, 3.8) is 0 Å². The van der Waals surface area contributed by atoms with Crippen LogP contribution >= 0.6 is 0 Å². The summed E-state index contributed by atoms with van der Waals surface area (Å²) < 4.78 is 32.6. The third-order valence-corrected chi connectivity index (χ3v) is 6.30. The van der Waals surface area contributed by atoms with E-state index >= 15 is 0 Å².